The minimum absolute atomic E-state index is 0.382. The maximum absolute atomic E-state index is 9.74. The first-order valence-electron chi connectivity index (χ1n) is 2.08. The summed E-state index contributed by atoms with van der Waals surface area (Å²) in [6.45, 7) is 0. The molecule has 0 radical (unpaired) electrons. The minimum atomic E-state index is -0.414. The van der Waals surface area contributed by atoms with Crippen LogP contribution in [-0.4, -0.2) is 18.1 Å². The SMILES string of the molecule is [3H]N[C@H](C=O)CS. The maximum Gasteiger partial charge on any atom is 0.137 e. The number of thiol groups is 1. The zero-order valence-electron chi connectivity index (χ0n) is 4.22. The van der Waals surface area contributed by atoms with Gasteiger partial charge in [0.2, 0.25) is 0 Å². The van der Waals surface area contributed by atoms with Crippen molar-refractivity contribution in [1.29, 1.82) is 0 Å². The van der Waals surface area contributed by atoms with Crippen molar-refractivity contribution >= 4 is 18.9 Å². The number of carbonyl (C=O) groups excluding carboxylic acids is 1. The summed E-state index contributed by atoms with van der Waals surface area (Å²) in [5.41, 5.74) is 2.01. The van der Waals surface area contributed by atoms with Crippen LogP contribution in [0.4, 0.5) is 0 Å². The van der Waals surface area contributed by atoms with Gasteiger partial charge < -0.3 is 10.5 Å². The van der Waals surface area contributed by atoms with E-state index in [-0.39, 0.29) is 0 Å². The first-order chi connectivity index (χ1) is 3.35. The number of aldehydes is 1. The van der Waals surface area contributed by atoms with Gasteiger partial charge in [-0.25, -0.2) is 0 Å². The lowest BCUT2D eigenvalue weighted by Crippen LogP contribution is -2.22. The van der Waals surface area contributed by atoms with E-state index in [4.69, 9.17) is 1.41 Å². The molecule has 0 aromatic heterocycles. The Hall–Kier alpha value is -0.0200. The van der Waals surface area contributed by atoms with Crippen LogP contribution in [0.1, 0.15) is 0 Å². The van der Waals surface area contributed by atoms with E-state index in [2.05, 4.69) is 12.6 Å². The van der Waals surface area contributed by atoms with Crippen molar-refractivity contribution in [3.8, 4) is 0 Å². The molecule has 0 spiro atoms. The van der Waals surface area contributed by atoms with Crippen molar-refractivity contribution in [3.63, 3.8) is 0 Å². The molecule has 1 atom stereocenters. The Kier molecular flexibility index (Phi) is 2.20. The van der Waals surface area contributed by atoms with Crippen LogP contribution in [-0.2, 0) is 4.79 Å². The molecule has 3 heteroatoms. The van der Waals surface area contributed by atoms with Gasteiger partial charge in [0.25, 0.3) is 0 Å². The Morgan fingerprint density at radius 2 is 3.00 bits per heavy atom. The van der Waals surface area contributed by atoms with Gasteiger partial charge in [-0.1, -0.05) is 0 Å². The smallest absolute Gasteiger partial charge is 0.137 e. The van der Waals surface area contributed by atoms with Crippen LogP contribution >= 0.6 is 12.6 Å². The first-order valence-corrected chi connectivity index (χ1v) is 2.21. The molecule has 0 heterocycles. The van der Waals surface area contributed by atoms with E-state index in [1.165, 1.54) is 0 Å². The van der Waals surface area contributed by atoms with Crippen molar-refractivity contribution in [2.75, 3.05) is 5.75 Å². The van der Waals surface area contributed by atoms with Gasteiger partial charge in [-0.3, -0.25) is 0 Å². The minimum Gasteiger partial charge on any atom is -0.321 e. The Morgan fingerprint density at radius 3 is 3.00 bits per heavy atom. The lowest BCUT2D eigenvalue weighted by Gasteiger charge is -1.90. The van der Waals surface area contributed by atoms with Gasteiger partial charge >= 0.3 is 0 Å². The van der Waals surface area contributed by atoms with Gasteiger partial charge in [0, 0.05) is 5.75 Å². The molecule has 36 valence electrons. The fourth-order valence-electron chi connectivity index (χ4n) is 0.0430. The molecular weight excluding hydrogens is 98.1 g/mol. The summed E-state index contributed by atoms with van der Waals surface area (Å²) in [6.07, 6.45) is 0.653. The zero-order valence-corrected chi connectivity index (χ0v) is 4.11. The fourth-order valence-corrected chi connectivity index (χ4v) is 0.129. The van der Waals surface area contributed by atoms with Crippen LogP contribution in [0.3, 0.4) is 0 Å². The lowest BCUT2D eigenvalue weighted by molar-refractivity contribution is -0.108. The van der Waals surface area contributed by atoms with E-state index in [0.717, 1.165) is 0 Å². The molecule has 2 N–H and O–H groups in total. The van der Waals surface area contributed by atoms with Gasteiger partial charge in [-0.05, 0) is 0 Å². The second kappa shape index (κ2) is 3.18. The van der Waals surface area contributed by atoms with Crippen LogP contribution in [0, 0.1) is 0 Å². The molecule has 0 saturated carbocycles. The highest BCUT2D eigenvalue weighted by Crippen LogP contribution is 1.73. The van der Waals surface area contributed by atoms with Gasteiger partial charge in [0.15, 0.2) is 0 Å². The lowest BCUT2D eigenvalue weighted by atomic mass is 10.4. The van der Waals surface area contributed by atoms with E-state index in [9.17, 15) is 4.79 Å². The summed E-state index contributed by atoms with van der Waals surface area (Å²) in [6, 6.07) is -0.414. The van der Waals surface area contributed by atoms with Gasteiger partial charge in [-0.2, -0.15) is 12.6 Å². The monoisotopic (exact) mass is 107 g/mol. The highest BCUT2D eigenvalue weighted by atomic mass is 32.1. The van der Waals surface area contributed by atoms with E-state index in [1.54, 1.807) is 0 Å². The summed E-state index contributed by atoms with van der Waals surface area (Å²) < 4.78 is 6.43. The van der Waals surface area contributed by atoms with Gasteiger partial charge in [0.05, 0.1) is 6.04 Å². The normalized spacial score (nSPS) is 15.8. The Balaban J connectivity index is 3.16. The summed E-state index contributed by atoms with van der Waals surface area (Å²) in [5, 5.41) is 0. The number of hydrogen-bond donors (Lipinski definition) is 2. The predicted molar refractivity (Wildman–Crippen MR) is 27.9 cm³/mol. The Morgan fingerprint density at radius 1 is 2.33 bits per heavy atom. The topological polar surface area (TPSA) is 43.1 Å². The molecule has 0 aliphatic rings. The van der Waals surface area contributed by atoms with Gasteiger partial charge in [0.1, 0.15) is 7.70 Å². The summed E-state index contributed by atoms with van der Waals surface area (Å²) in [5.74, 6) is 0.382. The Bertz CT molecular complexity index is 56.9. The van der Waals surface area contributed by atoms with Crippen LogP contribution in [0.2, 0.25) is 1.41 Å². The molecule has 0 aromatic rings. The van der Waals surface area contributed by atoms with Crippen molar-refractivity contribution in [2.45, 2.75) is 6.04 Å². The predicted octanol–water partition coefficient (Wildman–Crippen LogP) is -0.558. The van der Waals surface area contributed by atoms with E-state index >= 15 is 0 Å². The molecule has 0 bridgehead atoms. The molecule has 0 fully saturated rings. The molecule has 0 aliphatic heterocycles. The number of nitrogens with two attached hydrogens (primary N) is 1. The molecule has 6 heavy (non-hydrogen) atoms. The number of hydrogen-bond acceptors (Lipinski definition) is 3. The van der Waals surface area contributed by atoms with Crippen LogP contribution in [0.15, 0.2) is 0 Å². The molecule has 2 nitrogen and oxygen atoms in total. The largest absolute Gasteiger partial charge is 0.321 e. The molecule has 0 unspecified atom stereocenters. The summed E-state index contributed by atoms with van der Waals surface area (Å²) in [7, 11) is 0. The standard InChI is InChI=1S/C3H7NOS/c4-3(1-5)2-6/h1,3,6H,2,4H2/t3-/m1/s1/i/hT. The van der Waals surface area contributed by atoms with E-state index in [0.29, 0.717) is 12.0 Å². The number of carbonyl (C=O) groups is 1. The highest BCUT2D eigenvalue weighted by molar-refractivity contribution is 7.80. The second-order valence-electron chi connectivity index (χ2n) is 0.925. The van der Waals surface area contributed by atoms with Crippen molar-refractivity contribution in [2.24, 2.45) is 5.73 Å². The number of rotatable bonds is 3. The van der Waals surface area contributed by atoms with Gasteiger partial charge in [-0.15, -0.1) is 0 Å². The van der Waals surface area contributed by atoms with Crippen molar-refractivity contribution in [1.82, 2.24) is 0 Å². The van der Waals surface area contributed by atoms with Crippen molar-refractivity contribution in [3.05, 3.63) is 0 Å². The third-order valence-corrected chi connectivity index (χ3v) is 0.754. The van der Waals surface area contributed by atoms with Crippen LogP contribution in [0.5, 0.6) is 0 Å². The molecular formula is C3H7NOS. The molecule has 0 aromatic carbocycles. The third-order valence-electron chi connectivity index (χ3n) is 0.361. The third kappa shape index (κ3) is 2.23. The van der Waals surface area contributed by atoms with Crippen LogP contribution < -0.4 is 5.73 Å². The van der Waals surface area contributed by atoms with Crippen molar-refractivity contribution < 1.29 is 6.21 Å². The molecule has 0 saturated heterocycles. The van der Waals surface area contributed by atoms with E-state index in [1.807, 2.05) is 5.73 Å². The Labute approximate surface area is 43.6 Å². The first kappa shape index (κ1) is 4.15. The quantitative estimate of drug-likeness (QED) is 0.375. The highest BCUT2D eigenvalue weighted by Gasteiger charge is 1.89. The van der Waals surface area contributed by atoms with Crippen LogP contribution in [0.25, 0.3) is 0 Å². The molecule has 0 rings (SSSR count). The maximum atomic E-state index is 9.74. The average molecular weight is 107 g/mol. The fraction of sp³-hybridized carbons (Fsp3) is 0.667. The van der Waals surface area contributed by atoms with E-state index < -0.39 is 6.04 Å². The molecule has 0 amide bonds. The second-order valence-corrected chi connectivity index (χ2v) is 1.29. The molecule has 0 aliphatic carbocycles. The zero-order chi connectivity index (χ0) is 5.70. The average Bonchev–Trinajstić information content (AvgIpc) is 1.72. The summed E-state index contributed by atoms with van der Waals surface area (Å²) >= 11 is 3.76. The summed E-state index contributed by atoms with van der Waals surface area (Å²) in [4.78, 5) is 9.74.